The van der Waals surface area contributed by atoms with Gasteiger partial charge in [0.05, 0.1) is 6.07 Å². The van der Waals surface area contributed by atoms with Crippen LogP contribution in [0.25, 0.3) is 0 Å². The van der Waals surface area contributed by atoms with E-state index in [4.69, 9.17) is 5.26 Å². The summed E-state index contributed by atoms with van der Waals surface area (Å²) in [5.74, 6) is 0.357. The highest BCUT2D eigenvalue weighted by atomic mass is 14.2. The number of nitriles is 1. The molecule has 0 aromatic heterocycles. The van der Waals surface area contributed by atoms with Gasteiger partial charge in [-0.05, 0) is 18.4 Å². The van der Waals surface area contributed by atoms with Crippen LogP contribution in [0.1, 0.15) is 30.4 Å². The monoisotopic (exact) mass is 159 g/mol. The van der Waals surface area contributed by atoms with Crippen molar-refractivity contribution in [3.63, 3.8) is 0 Å². The fourth-order valence-electron chi connectivity index (χ4n) is 1.15. The summed E-state index contributed by atoms with van der Waals surface area (Å²) in [6.07, 6.45) is 0.600. The minimum absolute atomic E-state index is 0.357. The van der Waals surface area contributed by atoms with Crippen LogP contribution in [0.2, 0.25) is 0 Å². The van der Waals surface area contributed by atoms with Gasteiger partial charge in [0.25, 0.3) is 0 Å². The first kappa shape index (κ1) is 8.80. The van der Waals surface area contributed by atoms with Crippen molar-refractivity contribution in [2.45, 2.75) is 26.2 Å². The van der Waals surface area contributed by atoms with Crippen molar-refractivity contribution in [1.82, 2.24) is 0 Å². The minimum atomic E-state index is 0.357. The van der Waals surface area contributed by atoms with Crippen LogP contribution in [0, 0.1) is 18.3 Å². The Bertz CT molecular complexity index is 279. The summed E-state index contributed by atoms with van der Waals surface area (Å²) in [6, 6.07) is 10.5. The molecule has 1 aromatic carbocycles. The number of nitrogens with zero attached hydrogens (tertiary/aromatic N) is 1. The molecule has 0 spiro atoms. The molecule has 0 amide bonds. The fourth-order valence-corrected chi connectivity index (χ4v) is 1.15. The van der Waals surface area contributed by atoms with Gasteiger partial charge in [-0.2, -0.15) is 5.26 Å². The number of benzene rings is 1. The largest absolute Gasteiger partial charge is 0.198 e. The number of aryl methyl sites for hydroxylation is 1. The second kappa shape index (κ2) is 3.92. The maximum Gasteiger partial charge on any atom is 0.0628 e. The second-order valence-corrected chi connectivity index (χ2v) is 3.17. The van der Waals surface area contributed by atoms with Gasteiger partial charge in [0.2, 0.25) is 0 Å². The minimum Gasteiger partial charge on any atom is -0.198 e. The Morgan fingerprint density at radius 2 is 1.92 bits per heavy atom. The Hall–Kier alpha value is -1.29. The Balaban J connectivity index is 2.76. The van der Waals surface area contributed by atoms with Crippen molar-refractivity contribution in [2.24, 2.45) is 0 Å². The standard InChI is InChI=1S/C11H13N/c1-9-3-5-11(6-4-9)10(2)7-8-12/h3-6,10H,7H2,1-2H3/t10-/m0/s1. The molecule has 1 nitrogen and oxygen atoms in total. The van der Waals surface area contributed by atoms with Gasteiger partial charge in [-0.25, -0.2) is 0 Å². The summed E-state index contributed by atoms with van der Waals surface area (Å²) >= 11 is 0. The van der Waals surface area contributed by atoms with Crippen molar-refractivity contribution in [3.8, 4) is 6.07 Å². The highest BCUT2D eigenvalue weighted by Crippen LogP contribution is 2.18. The lowest BCUT2D eigenvalue weighted by atomic mass is 9.98. The Labute approximate surface area is 73.6 Å². The van der Waals surface area contributed by atoms with Gasteiger partial charge in [-0.1, -0.05) is 36.8 Å². The van der Waals surface area contributed by atoms with Crippen LogP contribution in [-0.4, -0.2) is 0 Å². The van der Waals surface area contributed by atoms with Crippen molar-refractivity contribution in [2.75, 3.05) is 0 Å². The predicted octanol–water partition coefficient (Wildman–Crippen LogP) is 3.01. The molecule has 0 aliphatic heterocycles. The van der Waals surface area contributed by atoms with E-state index < -0.39 is 0 Å². The summed E-state index contributed by atoms with van der Waals surface area (Å²) in [5.41, 5.74) is 2.52. The normalized spacial score (nSPS) is 12.1. The summed E-state index contributed by atoms with van der Waals surface area (Å²) in [7, 11) is 0. The molecule has 1 aromatic rings. The molecule has 1 rings (SSSR count). The predicted molar refractivity (Wildman–Crippen MR) is 49.8 cm³/mol. The zero-order valence-corrected chi connectivity index (χ0v) is 7.54. The highest BCUT2D eigenvalue weighted by Gasteiger charge is 2.02. The topological polar surface area (TPSA) is 23.8 Å². The molecule has 0 bridgehead atoms. The Morgan fingerprint density at radius 1 is 1.33 bits per heavy atom. The zero-order chi connectivity index (χ0) is 8.97. The molecule has 12 heavy (non-hydrogen) atoms. The zero-order valence-electron chi connectivity index (χ0n) is 7.54. The average molecular weight is 159 g/mol. The van der Waals surface area contributed by atoms with E-state index in [9.17, 15) is 0 Å². The SMILES string of the molecule is Cc1ccc([C@@H](C)CC#N)cc1. The van der Waals surface area contributed by atoms with Crippen LogP contribution in [0.4, 0.5) is 0 Å². The first-order chi connectivity index (χ1) is 5.74. The van der Waals surface area contributed by atoms with Crippen LogP contribution < -0.4 is 0 Å². The number of hydrogen-bond donors (Lipinski definition) is 0. The molecule has 0 fully saturated rings. The molecule has 0 N–H and O–H groups in total. The summed E-state index contributed by atoms with van der Waals surface area (Å²) in [5, 5.41) is 8.50. The maximum atomic E-state index is 8.50. The van der Waals surface area contributed by atoms with Gasteiger partial charge >= 0.3 is 0 Å². The first-order valence-corrected chi connectivity index (χ1v) is 4.17. The second-order valence-electron chi connectivity index (χ2n) is 3.17. The van der Waals surface area contributed by atoms with Crippen molar-refractivity contribution in [3.05, 3.63) is 35.4 Å². The molecule has 1 atom stereocenters. The molecule has 0 aliphatic carbocycles. The van der Waals surface area contributed by atoms with Crippen LogP contribution in [0.5, 0.6) is 0 Å². The van der Waals surface area contributed by atoms with E-state index in [0.717, 1.165) is 0 Å². The van der Waals surface area contributed by atoms with Gasteiger partial charge < -0.3 is 0 Å². The molecule has 0 unspecified atom stereocenters. The van der Waals surface area contributed by atoms with E-state index in [1.54, 1.807) is 0 Å². The van der Waals surface area contributed by atoms with Gasteiger partial charge in [0.1, 0.15) is 0 Å². The number of rotatable bonds is 2. The number of hydrogen-bond acceptors (Lipinski definition) is 1. The van der Waals surface area contributed by atoms with E-state index in [-0.39, 0.29) is 0 Å². The van der Waals surface area contributed by atoms with E-state index in [2.05, 4.69) is 44.2 Å². The Morgan fingerprint density at radius 3 is 2.42 bits per heavy atom. The third-order valence-corrected chi connectivity index (χ3v) is 2.04. The maximum absolute atomic E-state index is 8.50. The molecule has 0 heterocycles. The summed E-state index contributed by atoms with van der Waals surface area (Å²) in [6.45, 7) is 4.15. The third-order valence-electron chi connectivity index (χ3n) is 2.04. The molecule has 1 heteroatoms. The van der Waals surface area contributed by atoms with E-state index in [1.165, 1.54) is 11.1 Å². The molecule has 0 radical (unpaired) electrons. The van der Waals surface area contributed by atoms with Crippen LogP contribution in [-0.2, 0) is 0 Å². The van der Waals surface area contributed by atoms with Crippen LogP contribution >= 0.6 is 0 Å². The quantitative estimate of drug-likeness (QED) is 0.650. The Kier molecular flexibility index (Phi) is 2.88. The van der Waals surface area contributed by atoms with Crippen molar-refractivity contribution >= 4 is 0 Å². The molecule has 62 valence electrons. The highest BCUT2D eigenvalue weighted by molar-refractivity contribution is 5.24. The van der Waals surface area contributed by atoms with Gasteiger partial charge in [0, 0.05) is 6.42 Å². The van der Waals surface area contributed by atoms with Crippen LogP contribution in [0.15, 0.2) is 24.3 Å². The fraction of sp³-hybridized carbons (Fsp3) is 0.364. The molecular weight excluding hydrogens is 146 g/mol. The molecule has 0 saturated carbocycles. The van der Waals surface area contributed by atoms with Gasteiger partial charge in [-0.3, -0.25) is 0 Å². The third kappa shape index (κ3) is 2.10. The van der Waals surface area contributed by atoms with E-state index in [1.807, 2.05) is 0 Å². The van der Waals surface area contributed by atoms with E-state index >= 15 is 0 Å². The lowest BCUT2D eigenvalue weighted by molar-refractivity contribution is 0.788. The van der Waals surface area contributed by atoms with E-state index in [0.29, 0.717) is 12.3 Å². The first-order valence-electron chi connectivity index (χ1n) is 4.17. The van der Waals surface area contributed by atoms with Crippen molar-refractivity contribution < 1.29 is 0 Å². The molecular formula is C11H13N. The summed E-state index contributed by atoms with van der Waals surface area (Å²) < 4.78 is 0. The lowest BCUT2D eigenvalue weighted by Crippen LogP contribution is -1.91. The lowest BCUT2D eigenvalue weighted by Gasteiger charge is -2.06. The molecule has 0 aliphatic rings. The van der Waals surface area contributed by atoms with Gasteiger partial charge in [-0.15, -0.1) is 0 Å². The van der Waals surface area contributed by atoms with Crippen molar-refractivity contribution in [1.29, 1.82) is 5.26 Å². The average Bonchev–Trinajstić information content (AvgIpc) is 2.06. The molecule has 0 saturated heterocycles. The summed E-state index contributed by atoms with van der Waals surface area (Å²) in [4.78, 5) is 0. The van der Waals surface area contributed by atoms with Gasteiger partial charge in [0.15, 0.2) is 0 Å². The van der Waals surface area contributed by atoms with Crippen LogP contribution in [0.3, 0.4) is 0 Å². The smallest absolute Gasteiger partial charge is 0.0628 e.